The fourth-order valence-electron chi connectivity index (χ4n) is 2.92. The molecule has 1 amide bonds. The average molecular weight is 297 g/mol. The predicted molar refractivity (Wildman–Crippen MR) is 81.2 cm³/mol. The fourth-order valence-corrected chi connectivity index (χ4v) is 2.92. The van der Waals surface area contributed by atoms with Gasteiger partial charge in [0.1, 0.15) is 0 Å². The Morgan fingerprint density at radius 1 is 1.18 bits per heavy atom. The largest absolute Gasteiger partial charge is 0.454 e. The Labute approximate surface area is 128 Å². The van der Waals surface area contributed by atoms with E-state index in [4.69, 9.17) is 14.2 Å². The fraction of sp³-hybridized carbons (Fsp3) is 0.235. The van der Waals surface area contributed by atoms with Gasteiger partial charge in [0, 0.05) is 5.56 Å². The van der Waals surface area contributed by atoms with Crippen molar-refractivity contribution in [3.63, 3.8) is 0 Å². The highest BCUT2D eigenvalue weighted by molar-refractivity contribution is 5.97. The lowest BCUT2D eigenvalue weighted by Gasteiger charge is -2.30. The Kier molecular flexibility index (Phi) is 2.92. The van der Waals surface area contributed by atoms with Crippen molar-refractivity contribution in [2.75, 3.05) is 18.3 Å². The molecule has 5 heteroatoms. The van der Waals surface area contributed by atoms with Crippen LogP contribution in [0.4, 0.5) is 10.5 Å². The van der Waals surface area contributed by atoms with E-state index in [2.05, 4.69) is 0 Å². The Morgan fingerprint density at radius 2 is 1.95 bits per heavy atom. The number of carbonyl (C=O) groups excluding carboxylic acids is 1. The summed E-state index contributed by atoms with van der Waals surface area (Å²) < 4.78 is 16.1. The van der Waals surface area contributed by atoms with E-state index in [0.29, 0.717) is 13.2 Å². The molecule has 0 bridgehead atoms. The number of fused-ring (bicyclic) bond motifs is 4. The maximum absolute atomic E-state index is 12.3. The summed E-state index contributed by atoms with van der Waals surface area (Å²) in [4.78, 5) is 13.9. The molecule has 0 radical (unpaired) electrons. The van der Waals surface area contributed by atoms with Crippen molar-refractivity contribution in [2.24, 2.45) is 0 Å². The molecular formula is C17H15NO4. The molecule has 0 saturated carbocycles. The van der Waals surface area contributed by atoms with Crippen molar-refractivity contribution in [3.05, 3.63) is 42.0 Å². The highest BCUT2D eigenvalue weighted by atomic mass is 16.7. The van der Waals surface area contributed by atoms with Crippen LogP contribution in [-0.2, 0) is 11.3 Å². The molecule has 112 valence electrons. The normalized spacial score (nSPS) is 14.3. The number of anilines is 1. The molecular weight excluding hydrogens is 282 g/mol. The van der Waals surface area contributed by atoms with Gasteiger partial charge in [0.2, 0.25) is 6.79 Å². The number of hydrogen-bond acceptors (Lipinski definition) is 4. The summed E-state index contributed by atoms with van der Waals surface area (Å²) in [6.45, 7) is 2.86. The summed E-state index contributed by atoms with van der Waals surface area (Å²) >= 11 is 0. The number of rotatable bonds is 1. The highest BCUT2D eigenvalue weighted by Gasteiger charge is 2.29. The smallest absolute Gasteiger partial charge is 0.414 e. The topological polar surface area (TPSA) is 48.0 Å². The second kappa shape index (κ2) is 4.94. The summed E-state index contributed by atoms with van der Waals surface area (Å²) in [5.41, 5.74) is 3.94. The van der Waals surface area contributed by atoms with Gasteiger partial charge in [-0.15, -0.1) is 0 Å². The first-order valence-electron chi connectivity index (χ1n) is 7.24. The van der Waals surface area contributed by atoms with Crippen molar-refractivity contribution in [2.45, 2.75) is 13.5 Å². The first-order chi connectivity index (χ1) is 10.8. The molecule has 5 nitrogen and oxygen atoms in total. The van der Waals surface area contributed by atoms with Crippen molar-refractivity contribution in [3.8, 4) is 22.6 Å². The molecule has 0 unspecified atom stereocenters. The minimum absolute atomic E-state index is 0.238. The molecule has 2 aliphatic rings. The van der Waals surface area contributed by atoms with Crippen molar-refractivity contribution >= 4 is 11.8 Å². The maximum Gasteiger partial charge on any atom is 0.414 e. The number of carbonyl (C=O) groups is 1. The van der Waals surface area contributed by atoms with Gasteiger partial charge in [-0.05, 0) is 36.2 Å². The van der Waals surface area contributed by atoms with E-state index >= 15 is 0 Å². The molecule has 0 saturated heterocycles. The van der Waals surface area contributed by atoms with E-state index in [9.17, 15) is 4.79 Å². The minimum atomic E-state index is -0.335. The van der Waals surface area contributed by atoms with Crippen LogP contribution < -0.4 is 14.4 Å². The van der Waals surface area contributed by atoms with E-state index in [1.54, 1.807) is 11.8 Å². The second-order valence-electron chi connectivity index (χ2n) is 5.16. The molecule has 0 N–H and O–H groups in total. The number of ether oxygens (including phenoxy) is 3. The van der Waals surface area contributed by atoms with Gasteiger partial charge < -0.3 is 14.2 Å². The molecule has 22 heavy (non-hydrogen) atoms. The van der Waals surface area contributed by atoms with Crippen LogP contribution in [0.5, 0.6) is 11.5 Å². The average Bonchev–Trinajstić information content (AvgIpc) is 2.99. The first-order valence-corrected chi connectivity index (χ1v) is 7.24. The zero-order valence-electron chi connectivity index (χ0n) is 12.2. The number of para-hydroxylation sites is 1. The third-order valence-corrected chi connectivity index (χ3v) is 3.90. The predicted octanol–water partition coefficient (Wildman–Crippen LogP) is 3.56. The first kappa shape index (κ1) is 13.0. The van der Waals surface area contributed by atoms with E-state index in [1.807, 2.05) is 36.4 Å². The van der Waals surface area contributed by atoms with Crippen LogP contribution in [0.1, 0.15) is 12.5 Å². The van der Waals surface area contributed by atoms with Crippen LogP contribution in [0.25, 0.3) is 11.1 Å². The lowest BCUT2D eigenvalue weighted by Crippen LogP contribution is -2.33. The summed E-state index contributed by atoms with van der Waals surface area (Å²) in [5, 5.41) is 0. The van der Waals surface area contributed by atoms with E-state index < -0.39 is 0 Å². The highest BCUT2D eigenvalue weighted by Crippen LogP contribution is 2.45. The SMILES string of the molecule is CCOC(=O)N1Cc2cc3c(cc2-c2ccccc21)OCO3. The van der Waals surface area contributed by atoms with Gasteiger partial charge in [-0.25, -0.2) is 4.79 Å². The number of nitrogens with zero attached hydrogens (tertiary/aromatic N) is 1. The van der Waals surface area contributed by atoms with Crippen LogP contribution in [0.3, 0.4) is 0 Å². The standard InChI is InChI=1S/C17H15NO4/c1-2-20-17(19)18-9-11-7-15-16(22-10-21-15)8-13(11)12-5-3-4-6-14(12)18/h3-8H,2,9-10H2,1H3. The Balaban J connectivity index is 1.86. The van der Waals surface area contributed by atoms with Gasteiger partial charge in [0.25, 0.3) is 0 Å². The third-order valence-electron chi connectivity index (χ3n) is 3.90. The second-order valence-corrected chi connectivity index (χ2v) is 5.16. The zero-order valence-corrected chi connectivity index (χ0v) is 12.2. The molecule has 0 fully saturated rings. The minimum Gasteiger partial charge on any atom is -0.454 e. The molecule has 0 aromatic heterocycles. The number of hydrogen-bond donors (Lipinski definition) is 0. The molecule has 2 aromatic carbocycles. The number of amides is 1. The molecule has 0 aliphatic carbocycles. The van der Waals surface area contributed by atoms with Gasteiger partial charge in [-0.1, -0.05) is 18.2 Å². The Hall–Kier alpha value is -2.69. The van der Waals surface area contributed by atoms with Crippen LogP contribution >= 0.6 is 0 Å². The van der Waals surface area contributed by atoms with Crippen molar-refractivity contribution in [1.29, 1.82) is 0 Å². The molecule has 2 heterocycles. The van der Waals surface area contributed by atoms with E-state index in [-0.39, 0.29) is 12.9 Å². The lowest BCUT2D eigenvalue weighted by atomic mass is 9.93. The van der Waals surface area contributed by atoms with E-state index in [1.165, 1.54) is 0 Å². The Bertz CT molecular complexity index is 756. The van der Waals surface area contributed by atoms with Crippen molar-refractivity contribution < 1.29 is 19.0 Å². The van der Waals surface area contributed by atoms with Gasteiger partial charge in [-0.3, -0.25) is 4.90 Å². The molecule has 2 aliphatic heterocycles. The van der Waals surface area contributed by atoms with Crippen LogP contribution in [-0.4, -0.2) is 19.5 Å². The third kappa shape index (κ3) is 1.89. The zero-order chi connectivity index (χ0) is 15.1. The Morgan fingerprint density at radius 3 is 2.77 bits per heavy atom. The molecule has 4 rings (SSSR count). The lowest BCUT2D eigenvalue weighted by molar-refractivity contribution is 0.159. The monoisotopic (exact) mass is 297 g/mol. The van der Waals surface area contributed by atoms with Gasteiger partial charge in [-0.2, -0.15) is 0 Å². The number of benzene rings is 2. The summed E-state index contributed by atoms with van der Waals surface area (Å²) in [6, 6.07) is 11.7. The van der Waals surface area contributed by atoms with Crippen molar-refractivity contribution in [1.82, 2.24) is 0 Å². The molecule has 2 aromatic rings. The molecule has 0 atom stereocenters. The van der Waals surface area contributed by atoms with Gasteiger partial charge in [0.05, 0.1) is 18.8 Å². The van der Waals surface area contributed by atoms with Crippen LogP contribution in [0.15, 0.2) is 36.4 Å². The maximum atomic E-state index is 12.3. The summed E-state index contributed by atoms with van der Waals surface area (Å²) in [7, 11) is 0. The quantitative estimate of drug-likeness (QED) is 0.807. The molecule has 0 spiro atoms. The van der Waals surface area contributed by atoms with E-state index in [0.717, 1.165) is 33.9 Å². The summed E-state index contributed by atoms with van der Waals surface area (Å²) in [5.74, 6) is 1.47. The van der Waals surface area contributed by atoms with Gasteiger partial charge >= 0.3 is 6.09 Å². The van der Waals surface area contributed by atoms with Gasteiger partial charge in [0.15, 0.2) is 11.5 Å². The van der Waals surface area contributed by atoms with Crippen LogP contribution in [0, 0.1) is 0 Å². The summed E-state index contributed by atoms with van der Waals surface area (Å²) in [6.07, 6.45) is -0.335. The van der Waals surface area contributed by atoms with Crippen LogP contribution in [0.2, 0.25) is 0 Å².